The van der Waals surface area contributed by atoms with Crippen molar-refractivity contribution in [3.8, 4) is 11.5 Å². The van der Waals surface area contributed by atoms with Crippen LogP contribution in [0.15, 0.2) is 24.3 Å². The number of carbonyl (C=O) groups excluding carboxylic acids is 1. The summed E-state index contributed by atoms with van der Waals surface area (Å²) in [6, 6.07) is 6.94. The Bertz CT molecular complexity index is 472. The van der Waals surface area contributed by atoms with Crippen LogP contribution in [-0.2, 0) is 9.59 Å². The molecule has 0 aromatic heterocycles. The first-order valence-corrected chi connectivity index (χ1v) is 7.38. The summed E-state index contributed by atoms with van der Waals surface area (Å²) in [6.07, 6.45) is 0.800. The Morgan fingerprint density at radius 1 is 1.18 bits per heavy atom. The van der Waals surface area contributed by atoms with Crippen LogP contribution < -0.4 is 14.8 Å². The van der Waals surface area contributed by atoms with Crippen LogP contribution in [-0.4, -0.2) is 36.2 Å². The van der Waals surface area contributed by atoms with Crippen LogP contribution in [0.1, 0.15) is 33.1 Å². The van der Waals surface area contributed by atoms with E-state index in [1.54, 1.807) is 6.92 Å². The topological polar surface area (TPSA) is 84.9 Å². The lowest BCUT2D eigenvalue weighted by atomic mass is 10.2. The van der Waals surface area contributed by atoms with Gasteiger partial charge in [-0.2, -0.15) is 0 Å². The number of rotatable bonds is 10. The molecule has 1 atom stereocenters. The van der Waals surface area contributed by atoms with E-state index in [9.17, 15) is 9.59 Å². The molecule has 1 amide bonds. The van der Waals surface area contributed by atoms with E-state index in [-0.39, 0.29) is 18.4 Å². The average Bonchev–Trinajstić information content (AvgIpc) is 2.44. The number of benzene rings is 1. The predicted molar refractivity (Wildman–Crippen MR) is 82.2 cm³/mol. The summed E-state index contributed by atoms with van der Waals surface area (Å²) in [5, 5.41) is 11.2. The summed E-state index contributed by atoms with van der Waals surface area (Å²) in [5.41, 5.74) is 0. The van der Waals surface area contributed by atoms with Gasteiger partial charge in [0.25, 0.3) is 0 Å². The average molecular weight is 309 g/mol. The highest BCUT2D eigenvalue weighted by Gasteiger charge is 2.10. The molecule has 1 unspecified atom stereocenters. The maximum Gasteiger partial charge on any atom is 0.305 e. The zero-order chi connectivity index (χ0) is 16.4. The van der Waals surface area contributed by atoms with E-state index in [1.165, 1.54) is 0 Å². The quantitative estimate of drug-likeness (QED) is 0.647. The number of hydrogen-bond acceptors (Lipinski definition) is 4. The fraction of sp³-hybridized carbons (Fsp3) is 0.500. The monoisotopic (exact) mass is 309 g/mol. The third-order valence-corrected chi connectivity index (χ3v) is 2.84. The van der Waals surface area contributed by atoms with Gasteiger partial charge >= 0.3 is 5.97 Å². The summed E-state index contributed by atoms with van der Waals surface area (Å²) < 4.78 is 10.9. The van der Waals surface area contributed by atoms with Crippen LogP contribution in [0.3, 0.4) is 0 Å². The lowest BCUT2D eigenvalue weighted by Gasteiger charge is -2.11. The number of amides is 1. The Kier molecular flexibility index (Phi) is 7.81. The SMILES string of the molecule is CCOc1ccc(OCCCC(=O)NC(C)CC(=O)O)cc1. The number of carbonyl (C=O) groups is 2. The molecule has 0 spiro atoms. The molecule has 0 heterocycles. The predicted octanol–water partition coefficient (Wildman–Crippen LogP) is 2.22. The Hall–Kier alpha value is -2.24. The van der Waals surface area contributed by atoms with Gasteiger partial charge in [0.1, 0.15) is 11.5 Å². The van der Waals surface area contributed by atoms with E-state index < -0.39 is 5.97 Å². The van der Waals surface area contributed by atoms with Gasteiger partial charge in [0.2, 0.25) is 5.91 Å². The molecule has 122 valence electrons. The van der Waals surface area contributed by atoms with Crippen molar-refractivity contribution in [2.45, 2.75) is 39.2 Å². The molecule has 1 rings (SSSR count). The molecule has 0 radical (unpaired) electrons. The van der Waals surface area contributed by atoms with Crippen molar-refractivity contribution in [1.82, 2.24) is 5.32 Å². The maximum absolute atomic E-state index is 11.6. The van der Waals surface area contributed by atoms with E-state index in [0.717, 1.165) is 11.5 Å². The minimum atomic E-state index is -0.924. The summed E-state index contributed by atoms with van der Waals surface area (Å²) in [6.45, 7) is 4.64. The van der Waals surface area contributed by atoms with Crippen molar-refractivity contribution < 1.29 is 24.2 Å². The Morgan fingerprint density at radius 2 is 1.77 bits per heavy atom. The standard InChI is InChI=1S/C16H23NO5/c1-3-21-13-6-8-14(9-7-13)22-10-4-5-15(18)17-12(2)11-16(19)20/h6-9,12H,3-5,10-11H2,1-2H3,(H,17,18)(H,19,20). The molecule has 0 saturated heterocycles. The molecule has 0 fully saturated rings. The number of ether oxygens (including phenoxy) is 2. The van der Waals surface area contributed by atoms with E-state index in [4.69, 9.17) is 14.6 Å². The van der Waals surface area contributed by atoms with Gasteiger partial charge in [-0.05, 0) is 44.5 Å². The summed E-state index contributed by atoms with van der Waals surface area (Å²) in [5.74, 6) is 0.431. The molecule has 0 aliphatic rings. The van der Waals surface area contributed by atoms with Gasteiger partial charge in [-0.3, -0.25) is 9.59 Å². The Balaban J connectivity index is 2.19. The van der Waals surface area contributed by atoms with Crippen LogP contribution in [0.25, 0.3) is 0 Å². The zero-order valence-corrected chi connectivity index (χ0v) is 13.0. The third kappa shape index (κ3) is 7.52. The van der Waals surface area contributed by atoms with Crippen molar-refractivity contribution in [1.29, 1.82) is 0 Å². The largest absolute Gasteiger partial charge is 0.494 e. The third-order valence-electron chi connectivity index (χ3n) is 2.84. The van der Waals surface area contributed by atoms with Gasteiger partial charge in [-0.25, -0.2) is 0 Å². The Morgan fingerprint density at radius 3 is 2.32 bits per heavy atom. The van der Waals surface area contributed by atoms with Gasteiger partial charge < -0.3 is 19.9 Å². The fourth-order valence-electron chi connectivity index (χ4n) is 1.88. The molecular formula is C16H23NO5. The normalized spacial score (nSPS) is 11.5. The van der Waals surface area contributed by atoms with Crippen LogP contribution >= 0.6 is 0 Å². The van der Waals surface area contributed by atoms with Crippen molar-refractivity contribution in [2.24, 2.45) is 0 Å². The molecule has 0 aliphatic heterocycles. The molecule has 0 bridgehead atoms. The molecule has 1 aromatic rings. The summed E-state index contributed by atoms with van der Waals surface area (Å²) in [7, 11) is 0. The van der Waals surface area contributed by atoms with Crippen LogP contribution in [0.4, 0.5) is 0 Å². The summed E-state index contributed by atoms with van der Waals surface area (Å²) in [4.78, 5) is 22.1. The highest BCUT2D eigenvalue weighted by molar-refractivity contribution is 5.77. The van der Waals surface area contributed by atoms with Crippen molar-refractivity contribution in [2.75, 3.05) is 13.2 Å². The fourth-order valence-corrected chi connectivity index (χ4v) is 1.88. The minimum Gasteiger partial charge on any atom is -0.494 e. The number of hydrogen-bond donors (Lipinski definition) is 2. The number of aliphatic carboxylic acids is 1. The molecule has 2 N–H and O–H groups in total. The van der Waals surface area contributed by atoms with Gasteiger partial charge in [-0.15, -0.1) is 0 Å². The van der Waals surface area contributed by atoms with E-state index >= 15 is 0 Å². The van der Waals surface area contributed by atoms with Crippen LogP contribution in [0.5, 0.6) is 11.5 Å². The highest BCUT2D eigenvalue weighted by atomic mass is 16.5. The smallest absolute Gasteiger partial charge is 0.305 e. The van der Waals surface area contributed by atoms with Gasteiger partial charge in [0.15, 0.2) is 0 Å². The number of carboxylic acid groups (broad SMARTS) is 1. The Labute approximate surface area is 130 Å². The molecule has 1 aromatic carbocycles. The molecular weight excluding hydrogens is 286 g/mol. The van der Waals surface area contributed by atoms with Crippen molar-refractivity contribution >= 4 is 11.9 Å². The second kappa shape index (κ2) is 9.65. The van der Waals surface area contributed by atoms with Crippen LogP contribution in [0, 0.1) is 0 Å². The lowest BCUT2D eigenvalue weighted by molar-refractivity contribution is -0.137. The zero-order valence-electron chi connectivity index (χ0n) is 13.0. The number of carboxylic acids is 1. The minimum absolute atomic E-state index is 0.0750. The second-order valence-corrected chi connectivity index (χ2v) is 4.92. The van der Waals surface area contributed by atoms with E-state index in [2.05, 4.69) is 5.32 Å². The van der Waals surface area contributed by atoms with E-state index in [1.807, 2.05) is 31.2 Å². The molecule has 22 heavy (non-hydrogen) atoms. The lowest BCUT2D eigenvalue weighted by Crippen LogP contribution is -2.34. The number of nitrogens with one attached hydrogen (secondary N) is 1. The molecule has 0 aliphatic carbocycles. The first-order valence-electron chi connectivity index (χ1n) is 7.38. The second-order valence-electron chi connectivity index (χ2n) is 4.92. The van der Waals surface area contributed by atoms with Crippen molar-refractivity contribution in [3.63, 3.8) is 0 Å². The molecule has 6 heteroatoms. The highest BCUT2D eigenvalue weighted by Crippen LogP contribution is 2.17. The van der Waals surface area contributed by atoms with Gasteiger partial charge in [-0.1, -0.05) is 0 Å². The molecule has 0 saturated carbocycles. The first kappa shape index (κ1) is 17.8. The van der Waals surface area contributed by atoms with E-state index in [0.29, 0.717) is 26.1 Å². The maximum atomic E-state index is 11.6. The van der Waals surface area contributed by atoms with Gasteiger partial charge in [0, 0.05) is 12.5 Å². The van der Waals surface area contributed by atoms with Crippen molar-refractivity contribution in [3.05, 3.63) is 24.3 Å². The van der Waals surface area contributed by atoms with Crippen LogP contribution in [0.2, 0.25) is 0 Å². The first-order chi connectivity index (χ1) is 10.5. The van der Waals surface area contributed by atoms with Gasteiger partial charge in [0.05, 0.1) is 19.6 Å². The molecule has 6 nitrogen and oxygen atoms in total. The summed E-state index contributed by atoms with van der Waals surface area (Å²) >= 11 is 0.